The molecule has 0 saturated heterocycles. The van der Waals surface area contributed by atoms with E-state index in [9.17, 15) is 9.59 Å². The topological polar surface area (TPSA) is 117 Å². The van der Waals surface area contributed by atoms with Crippen LogP contribution in [0.25, 0.3) is 0 Å². The number of methoxy groups -OCH3 is 2. The maximum Gasteiger partial charge on any atom is 0.244 e. The number of allylic oxidation sites excluding steroid dienone is 2. The Labute approximate surface area is 200 Å². The number of carbonyl (C=O) groups excluding carboxylic acids is 2. The van der Waals surface area contributed by atoms with Crippen LogP contribution >= 0.6 is 0 Å². The molecule has 5 N–H and O–H groups in total. The molecule has 2 amide bonds. The summed E-state index contributed by atoms with van der Waals surface area (Å²) in [6, 6.07) is 15.3. The van der Waals surface area contributed by atoms with Gasteiger partial charge in [-0.25, -0.2) is 0 Å². The third-order valence-corrected chi connectivity index (χ3v) is 6.42. The molecule has 0 aliphatic heterocycles. The van der Waals surface area contributed by atoms with Crippen LogP contribution in [-0.2, 0) is 36.5 Å². The molecule has 3 rings (SSSR count). The second kappa shape index (κ2) is 10.1. The second-order valence-corrected chi connectivity index (χ2v) is 9.11. The van der Waals surface area contributed by atoms with E-state index in [4.69, 9.17) is 20.9 Å². The molecule has 7 heteroatoms. The first-order chi connectivity index (χ1) is 16.1. The minimum atomic E-state index is -0.944. The first-order valence-electron chi connectivity index (χ1n) is 11.1. The third kappa shape index (κ3) is 5.15. The van der Waals surface area contributed by atoms with Gasteiger partial charge in [-0.15, -0.1) is 0 Å². The fraction of sp³-hybridized carbons (Fsp3) is 0.333. The lowest BCUT2D eigenvalue weighted by molar-refractivity contribution is -0.120. The normalized spacial score (nSPS) is 18.0. The van der Waals surface area contributed by atoms with Crippen molar-refractivity contribution >= 4 is 17.5 Å². The van der Waals surface area contributed by atoms with Crippen molar-refractivity contribution in [3.05, 3.63) is 88.7 Å². The highest BCUT2D eigenvalue weighted by Gasteiger charge is 2.41. The first kappa shape index (κ1) is 25.1. The van der Waals surface area contributed by atoms with Crippen LogP contribution in [-0.4, -0.2) is 32.6 Å². The summed E-state index contributed by atoms with van der Waals surface area (Å²) in [6.45, 7) is 4.60. The number of ether oxygens (including phenoxy) is 2. The van der Waals surface area contributed by atoms with Crippen molar-refractivity contribution in [3.8, 4) is 0 Å². The largest absolute Gasteiger partial charge is 0.498 e. The molecule has 34 heavy (non-hydrogen) atoms. The van der Waals surface area contributed by atoms with Crippen LogP contribution in [0.4, 0.5) is 5.69 Å². The number of hydrogen-bond donors (Lipinski definition) is 3. The smallest absolute Gasteiger partial charge is 0.244 e. The Bertz CT molecular complexity index is 1120. The Balaban J connectivity index is 1.75. The highest BCUT2D eigenvalue weighted by molar-refractivity contribution is 5.93. The number of amides is 2. The van der Waals surface area contributed by atoms with E-state index in [2.05, 4.69) is 19.2 Å². The van der Waals surface area contributed by atoms with Gasteiger partial charge in [0, 0.05) is 36.8 Å². The van der Waals surface area contributed by atoms with Gasteiger partial charge in [0.1, 0.15) is 5.76 Å². The summed E-state index contributed by atoms with van der Waals surface area (Å²) < 4.78 is 11.5. The van der Waals surface area contributed by atoms with Gasteiger partial charge in [0.25, 0.3) is 0 Å². The minimum absolute atomic E-state index is 0.0798. The van der Waals surface area contributed by atoms with Crippen LogP contribution in [0.2, 0.25) is 0 Å². The van der Waals surface area contributed by atoms with Crippen LogP contribution in [0.1, 0.15) is 37.0 Å². The van der Waals surface area contributed by atoms with Crippen LogP contribution < -0.4 is 16.8 Å². The molecule has 0 radical (unpaired) electrons. The molecular formula is C27H33N3O4. The second-order valence-electron chi connectivity index (χ2n) is 9.11. The van der Waals surface area contributed by atoms with Gasteiger partial charge >= 0.3 is 0 Å². The lowest BCUT2D eigenvalue weighted by atomic mass is 9.79. The molecule has 0 spiro atoms. The van der Waals surface area contributed by atoms with Crippen LogP contribution in [0.3, 0.4) is 0 Å². The Morgan fingerprint density at radius 3 is 2.32 bits per heavy atom. The van der Waals surface area contributed by atoms with Gasteiger partial charge in [-0.1, -0.05) is 56.3 Å². The molecule has 1 unspecified atom stereocenters. The SMILES string of the molecule is COC1=CC=C(C(N)=O)CC1(OC)c1ccc(C(C)(C)CNC(=O)Cc2ccccc2N)cc1. The van der Waals surface area contributed by atoms with Gasteiger partial charge in [-0.05, 0) is 34.9 Å². The lowest BCUT2D eigenvalue weighted by Gasteiger charge is -2.37. The molecular weight excluding hydrogens is 430 g/mol. The van der Waals surface area contributed by atoms with E-state index in [1.165, 1.54) is 0 Å². The number of anilines is 1. The molecule has 0 fully saturated rings. The molecule has 1 aliphatic rings. The summed E-state index contributed by atoms with van der Waals surface area (Å²) in [7, 11) is 3.16. The average molecular weight is 464 g/mol. The maximum atomic E-state index is 12.5. The molecule has 7 nitrogen and oxygen atoms in total. The summed E-state index contributed by atoms with van der Waals surface area (Å²) in [5.41, 5.74) is 14.0. The highest BCUT2D eigenvalue weighted by atomic mass is 16.5. The van der Waals surface area contributed by atoms with Crippen molar-refractivity contribution in [1.29, 1.82) is 0 Å². The van der Waals surface area contributed by atoms with Gasteiger partial charge in [0.15, 0.2) is 5.60 Å². The molecule has 1 aliphatic carbocycles. The minimum Gasteiger partial charge on any atom is -0.498 e. The highest BCUT2D eigenvalue weighted by Crippen LogP contribution is 2.42. The predicted molar refractivity (Wildman–Crippen MR) is 133 cm³/mol. The van der Waals surface area contributed by atoms with E-state index in [-0.39, 0.29) is 24.2 Å². The Morgan fingerprint density at radius 1 is 1.06 bits per heavy atom. The van der Waals surface area contributed by atoms with Gasteiger partial charge in [-0.3, -0.25) is 9.59 Å². The quantitative estimate of drug-likeness (QED) is 0.494. The van der Waals surface area contributed by atoms with Crippen molar-refractivity contribution in [2.24, 2.45) is 5.73 Å². The monoisotopic (exact) mass is 463 g/mol. The van der Waals surface area contributed by atoms with Gasteiger partial charge in [0.05, 0.1) is 13.5 Å². The predicted octanol–water partition coefficient (Wildman–Crippen LogP) is 3.09. The van der Waals surface area contributed by atoms with Crippen molar-refractivity contribution in [3.63, 3.8) is 0 Å². The van der Waals surface area contributed by atoms with Gasteiger partial charge in [-0.2, -0.15) is 0 Å². The van der Waals surface area contributed by atoms with Crippen LogP contribution in [0.5, 0.6) is 0 Å². The van der Waals surface area contributed by atoms with E-state index in [1.807, 2.05) is 42.5 Å². The summed E-state index contributed by atoms with van der Waals surface area (Å²) in [5, 5.41) is 3.02. The van der Waals surface area contributed by atoms with Crippen molar-refractivity contribution in [2.45, 2.75) is 37.7 Å². The first-order valence-corrected chi connectivity index (χ1v) is 11.1. The average Bonchev–Trinajstić information content (AvgIpc) is 2.83. The van der Waals surface area contributed by atoms with E-state index in [0.717, 1.165) is 16.7 Å². The number of rotatable bonds is 9. The summed E-state index contributed by atoms with van der Waals surface area (Å²) in [4.78, 5) is 24.3. The van der Waals surface area contributed by atoms with Crippen LogP contribution in [0.15, 0.2) is 72.0 Å². The molecule has 180 valence electrons. The Morgan fingerprint density at radius 2 is 1.74 bits per heavy atom. The lowest BCUT2D eigenvalue weighted by Crippen LogP contribution is -2.38. The molecule has 0 saturated carbocycles. The van der Waals surface area contributed by atoms with E-state index < -0.39 is 11.5 Å². The summed E-state index contributed by atoms with van der Waals surface area (Å²) in [6.07, 6.45) is 3.90. The number of hydrogen-bond acceptors (Lipinski definition) is 5. The number of primary amides is 1. The molecule has 2 aromatic rings. The zero-order chi connectivity index (χ0) is 24.9. The zero-order valence-electron chi connectivity index (χ0n) is 20.2. The van der Waals surface area contributed by atoms with Crippen molar-refractivity contribution in [1.82, 2.24) is 5.32 Å². The number of benzene rings is 2. The number of carbonyl (C=O) groups is 2. The van der Waals surface area contributed by atoms with Gasteiger partial charge in [0.2, 0.25) is 11.8 Å². The number of nitrogens with two attached hydrogens (primary N) is 2. The fourth-order valence-electron chi connectivity index (χ4n) is 4.21. The van der Waals surface area contributed by atoms with Crippen molar-refractivity contribution in [2.75, 3.05) is 26.5 Å². The Hall–Kier alpha value is -3.58. The third-order valence-electron chi connectivity index (χ3n) is 6.42. The van der Waals surface area contributed by atoms with E-state index in [1.54, 1.807) is 32.4 Å². The zero-order valence-corrected chi connectivity index (χ0v) is 20.2. The number of para-hydroxylation sites is 1. The number of nitrogens with one attached hydrogen (secondary N) is 1. The standard InChI is InChI=1S/C27H33N3O4/c1-26(2,17-30-24(31)15-18-7-5-6-8-22(18)28)20-10-12-21(13-11-20)27(34-4)16-19(25(29)32)9-14-23(27)33-3/h5-14H,15-17,28H2,1-4H3,(H2,29,32)(H,30,31). The number of nitrogen functional groups attached to an aromatic ring is 1. The van der Waals surface area contributed by atoms with Crippen LogP contribution in [0, 0.1) is 0 Å². The molecule has 0 heterocycles. The van der Waals surface area contributed by atoms with Gasteiger partial charge < -0.3 is 26.3 Å². The summed E-state index contributed by atoms with van der Waals surface area (Å²) in [5.74, 6) is 0.0295. The fourth-order valence-corrected chi connectivity index (χ4v) is 4.21. The molecule has 2 aromatic carbocycles. The molecule has 0 bridgehead atoms. The molecule has 0 aromatic heterocycles. The van der Waals surface area contributed by atoms with E-state index in [0.29, 0.717) is 23.6 Å². The Kier molecular flexibility index (Phi) is 7.47. The maximum absolute atomic E-state index is 12.5. The van der Waals surface area contributed by atoms with Crippen molar-refractivity contribution < 1.29 is 19.1 Å². The summed E-state index contributed by atoms with van der Waals surface area (Å²) >= 11 is 0. The van der Waals surface area contributed by atoms with E-state index >= 15 is 0 Å². The molecule has 1 atom stereocenters.